The van der Waals surface area contributed by atoms with Crippen molar-refractivity contribution >= 4 is 5.97 Å². The fraction of sp³-hybridized carbons (Fsp3) is 0.0625. The Labute approximate surface area is 138 Å². The fourth-order valence-corrected chi connectivity index (χ4v) is 2.27. The third kappa shape index (κ3) is 3.21. The monoisotopic (exact) mass is 350 g/mol. The van der Waals surface area contributed by atoms with Gasteiger partial charge in [-0.05, 0) is 30.3 Å². The number of alkyl halides is 3. The van der Waals surface area contributed by atoms with Crippen molar-refractivity contribution in [3.8, 4) is 16.9 Å². The Morgan fingerprint density at radius 2 is 1.92 bits per heavy atom. The van der Waals surface area contributed by atoms with Gasteiger partial charge < -0.3 is 9.90 Å². The van der Waals surface area contributed by atoms with E-state index in [1.165, 1.54) is 12.4 Å². The van der Waals surface area contributed by atoms with Gasteiger partial charge in [0.1, 0.15) is 11.5 Å². The molecule has 2 heterocycles. The summed E-state index contributed by atoms with van der Waals surface area (Å²) in [5.74, 6) is -3.05. The molecule has 3 rings (SSSR count). The van der Waals surface area contributed by atoms with Gasteiger partial charge in [-0.1, -0.05) is 6.07 Å². The molecule has 0 fully saturated rings. The van der Waals surface area contributed by atoms with Crippen molar-refractivity contribution in [3.05, 3.63) is 65.9 Å². The summed E-state index contributed by atoms with van der Waals surface area (Å²) in [4.78, 5) is 14.9. The number of pyridine rings is 1. The Hall–Kier alpha value is -3.23. The normalized spacial score (nSPS) is 11.5. The van der Waals surface area contributed by atoms with Crippen LogP contribution in [0.1, 0.15) is 16.1 Å². The molecule has 0 bridgehead atoms. The van der Waals surface area contributed by atoms with Gasteiger partial charge in [0.2, 0.25) is 0 Å². The summed E-state index contributed by atoms with van der Waals surface area (Å²) in [6.07, 6.45) is -1.98. The number of benzene rings is 1. The molecule has 128 valence electrons. The first-order chi connectivity index (χ1) is 11.8. The molecule has 5 nitrogen and oxygen atoms in total. The molecule has 9 heteroatoms. The maximum absolute atomic E-state index is 13.8. The van der Waals surface area contributed by atoms with Crippen molar-refractivity contribution in [1.82, 2.24) is 14.8 Å². The Kier molecular flexibility index (Phi) is 3.99. The molecule has 0 atom stereocenters. The van der Waals surface area contributed by atoms with Crippen molar-refractivity contribution in [2.24, 2.45) is 0 Å². The number of hydrogen-bond acceptors (Lipinski definition) is 4. The summed E-state index contributed by atoms with van der Waals surface area (Å²) in [6, 6.07) is 6.50. The Bertz CT molecular complexity index is 936. The van der Waals surface area contributed by atoms with E-state index in [0.29, 0.717) is 17.8 Å². The molecule has 0 spiro atoms. The number of carbonyl (C=O) groups is 1. The SMILES string of the molecule is O=C([O-])c1cc(-c2ccc(C(F)(F)F)c(F)c2)n(-c2cccnc2)n1. The van der Waals surface area contributed by atoms with Crippen molar-refractivity contribution in [3.63, 3.8) is 0 Å². The highest BCUT2D eigenvalue weighted by Gasteiger charge is 2.34. The number of aromatic carboxylic acids is 1. The third-order valence-electron chi connectivity index (χ3n) is 3.38. The van der Waals surface area contributed by atoms with E-state index in [1.54, 1.807) is 12.1 Å². The number of nitrogens with zero attached hydrogens (tertiary/aromatic N) is 3. The quantitative estimate of drug-likeness (QED) is 0.681. The fourth-order valence-electron chi connectivity index (χ4n) is 2.27. The van der Waals surface area contributed by atoms with Crippen LogP contribution in [0.2, 0.25) is 0 Å². The highest BCUT2D eigenvalue weighted by atomic mass is 19.4. The van der Waals surface area contributed by atoms with Crippen molar-refractivity contribution < 1.29 is 27.5 Å². The first-order valence-corrected chi connectivity index (χ1v) is 6.86. The predicted molar refractivity (Wildman–Crippen MR) is 76.1 cm³/mol. The molecule has 0 aliphatic carbocycles. The van der Waals surface area contributed by atoms with Crippen LogP contribution in [0.5, 0.6) is 0 Å². The highest BCUT2D eigenvalue weighted by molar-refractivity contribution is 5.85. The summed E-state index contributed by atoms with van der Waals surface area (Å²) in [7, 11) is 0. The molecule has 1 aromatic carbocycles. The standard InChI is InChI=1S/C16H9F4N3O2/c17-12-6-9(3-4-11(12)16(18,19)20)14-7-13(15(24)25)22-23(14)10-2-1-5-21-8-10/h1-8H,(H,24,25)/p-1. The van der Waals surface area contributed by atoms with Crippen LogP contribution in [0.15, 0.2) is 48.8 Å². The van der Waals surface area contributed by atoms with E-state index >= 15 is 0 Å². The summed E-state index contributed by atoms with van der Waals surface area (Å²) in [5.41, 5.74) is -1.40. The molecule has 0 saturated heterocycles. The zero-order chi connectivity index (χ0) is 18.2. The second-order valence-electron chi connectivity index (χ2n) is 5.02. The number of hydrogen-bond donors (Lipinski definition) is 0. The number of carbonyl (C=O) groups excluding carboxylic acids is 1. The minimum atomic E-state index is -4.83. The van der Waals surface area contributed by atoms with E-state index in [9.17, 15) is 27.5 Å². The van der Waals surface area contributed by atoms with Gasteiger partial charge >= 0.3 is 6.18 Å². The van der Waals surface area contributed by atoms with Crippen LogP contribution in [-0.4, -0.2) is 20.7 Å². The molecule has 0 unspecified atom stereocenters. The predicted octanol–water partition coefficient (Wildman–Crippen LogP) is 2.46. The van der Waals surface area contributed by atoms with Crippen LogP contribution in [0.3, 0.4) is 0 Å². The van der Waals surface area contributed by atoms with Gasteiger partial charge in [-0.25, -0.2) is 9.07 Å². The zero-order valence-corrected chi connectivity index (χ0v) is 12.3. The molecule has 0 aliphatic rings. The van der Waals surface area contributed by atoms with Crippen molar-refractivity contribution in [2.75, 3.05) is 0 Å². The average molecular weight is 350 g/mol. The Morgan fingerprint density at radius 1 is 1.16 bits per heavy atom. The van der Waals surface area contributed by atoms with Gasteiger partial charge in [0.15, 0.2) is 0 Å². The minimum Gasteiger partial charge on any atom is -0.543 e. The minimum absolute atomic E-state index is 0.0225. The highest BCUT2D eigenvalue weighted by Crippen LogP contribution is 2.34. The number of carboxylic acids is 1. The van der Waals surface area contributed by atoms with Gasteiger partial charge in [0.05, 0.1) is 29.1 Å². The van der Waals surface area contributed by atoms with Crippen molar-refractivity contribution in [2.45, 2.75) is 6.18 Å². The molecule has 0 N–H and O–H groups in total. The van der Waals surface area contributed by atoms with Gasteiger partial charge in [-0.3, -0.25) is 4.98 Å². The lowest BCUT2D eigenvalue weighted by atomic mass is 10.1. The van der Waals surface area contributed by atoms with Crippen molar-refractivity contribution in [1.29, 1.82) is 0 Å². The van der Waals surface area contributed by atoms with E-state index in [0.717, 1.165) is 16.8 Å². The zero-order valence-electron chi connectivity index (χ0n) is 12.3. The second-order valence-corrected chi connectivity index (χ2v) is 5.02. The van der Waals surface area contributed by atoms with E-state index < -0.39 is 29.2 Å². The molecular formula is C16H8F4N3O2-. The molecule has 0 radical (unpaired) electrons. The summed E-state index contributed by atoms with van der Waals surface area (Å²) < 4.78 is 53.0. The first-order valence-electron chi connectivity index (χ1n) is 6.86. The lowest BCUT2D eigenvalue weighted by Gasteiger charge is -2.11. The number of halogens is 4. The summed E-state index contributed by atoms with van der Waals surface area (Å²) in [6.45, 7) is 0. The Balaban J connectivity index is 2.17. The summed E-state index contributed by atoms with van der Waals surface area (Å²) >= 11 is 0. The van der Waals surface area contributed by atoms with Crippen LogP contribution in [0.25, 0.3) is 16.9 Å². The van der Waals surface area contributed by atoms with E-state index in [-0.39, 0.29) is 11.3 Å². The molecule has 3 aromatic rings. The molecule has 2 aromatic heterocycles. The van der Waals surface area contributed by atoms with Crippen LogP contribution in [0, 0.1) is 5.82 Å². The van der Waals surface area contributed by atoms with Crippen LogP contribution < -0.4 is 5.11 Å². The maximum Gasteiger partial charge on any atom is 0.419 e. The van der Waals surface area contributed by atoms with E-state index in [2.05, 4.69) is 10.1 Å². The van der Waals surface area contributed by atoms with Gasteiger partial charge in [-0.2, -0.15) is 18.3 Å². The second kappa shape index (κ2) is 6.00. The molecule has 0 saturated carbocycles. The lowest BCUT2D eigenvalue weighted by Crippen LogP contribution is -2.22. The molecular weight excluding hydrogens is 342 g/mol. The van der Waals surface area contributed by atoms with E-state index in [4.69, 9.17) is 0 Å². The van der Waals surface area contributed by atoms with Gasteiger partial charge in [0.25, 0.3) is 0 Å². The van der Waals surface area contributed by atoms with Crippen LogP contribution in [-0.2, 0) is 6.18 Å². The van der Waals surface area contributed by atoms with E-state index in [1.807, 2.05) is 0 Å². The van der Waals surface area contributed by atoms with Crippen LogP contribution >= 0.6 is 0 Å². The Morgan fingerprint density at radius 3 is 2.48 bits per heavy atom. The third-order valence-corrected chi connectivity index (χ3v) is 3.38. The molecule has 0 aliphatic heterocycles. The lowest BCUT2D eigenvalue weighted by molar-refractivity contribution is -0.255. The topological polar surface area (TPSA) is 70.8 Å². The van der Waals surface area contributed by atoms with Gasteiger partial charge in [-0.15, -0.1) is 0 Å². The number of rotatable bonds is 3. The molecule has 25 heavy (non-hydrogen) atoms. The first kappa shape index (κ1) is 16.6. The number of carboxylic acid groups (broad SMARTS) is 1. The number of aromatic nitrogens is 3. The smallest absolute Gasteiger partial charge is 0.419 e. The average Bonchev–Trinajstić information content (AvgIpc) is 3.00. The maximum atomic E-state index is 13.8. The molecule has 0 amide bonds. The van der Waals surface area contributed by atoms with Gasteiger partial charge in [0, 0.05) is 11.8 Å². The largest absolute Gasteiger partial charge is 0.543 e. The van der Waals surface area contributed by atoms with Crippen LogP contribution in [0.4, 0.5) is 17.6 Å². The summed E-state index contributed by atoms with van der Waals surface area (Å²) in [5, 5.41) is 14.9.